The highest BCUT2D eigenvalue weighted by Gasteiger charge is 1.97. The fraction of sp³-hybridized carbons (Fsp3) is 1.00. The number of hydrogen-bond donors (Lipinski definition) is 1. The van der Waals surface area contributed by atoms with E-state index in [1.165, 1.54) is 38.5 Å². The maximum absolute atomic E-state index is 4.18. The maximum Gasteiger partial charge on any atom is -0.00979 e. The summed E-state index contributed by atoms with van der Waals surface area (Å²) in [6.45, 7) is 4.62. The Kier molecular flexibility index (Phi) is 8.72. The molecule has 0 aromatic carbocycles. The molecule has 1 unspecified atom stereocenters. The normalized spacial score (nSPS) is 13.4. The molecule has 11 heavy (non-hydrogen) atoms. The summed E-state index contributed by atoms with van der Waals surface area (Å²) in [6, 6.07) is 0. The van der Waals surface area contributed by atoms with E-state index >= 15 is 0 Å². The van der Waals surface area contributed by atoms with Gasteiger partial charge in [-0.25, -0.2) is 0 Å². The summed E-state index contributed by atoms with van der Waals surface area (Å²) in [6.07, 6.45) is 8.26. The molecule has 0 aliphatic rings. The second-order valence-electron chi connectivity index (χ2n) is 3.44. The van der Waals surface area contributed by atoms with Crippen molar-refractivity contribution in [3.8, 4) is 0 Å². The molecule has 0 amide bonds. The summed E-state index contributed by atoms with van der Waals surface area (Å²) in [5.74, 6) is 1.99. The Balaban J connectivity index is 2.89. The first-order valence-electron chi connectivity index (χ1n) is 4.92. The monoisotopic (exact) mass is 174 g/mol. The van der Waals surface area contributed by atoms with E-state index in [9.17, 15) is 0 Å². The maximum atomic E-state index is 4.18. The van der Waals surface area contributed by atoms with E-state index in [-0.39, 0.29) is 0 Å². The topological polar surface area (TPSA) is 0 Å². The molecule has 0 radical (unpaired) electrons. The summed E-state index contributed by atoms with van der Waals surface area (Å²) in [5.41, 5.74) is 0. The van der Waals surface area contributed by atoms with Crippen LogP contribution >= 0.6 is 12.6 Å². The smallest absolute Gasteiger partial charge is 0.00979 e. The third kappa shape index (κ3) is 8.25. The molecule has 0 fully saturated rings. The van der Waals surface area contributed by atoms with Gasteiger partial charge in [0.15, 0.2) is 0 Å². The van der Waals surface area contributed by atoms with E-state index in [1.807, 2.05) is 0 Å². The second-order valence-corrected chi connectivity index (χ2v) is 3.89. The quantitative estimate of drug-likeness (QED) is 0.439. The molecule has 1 atom stereocenters. The van der Waals surface area contributed by atoms with Crippen LogP contribution in [0.5, 0.6) is 0 Å². The van der Waals surface area contributed by atoms with Gasteiger partial charge in [0, 0.05) is 0 Å². The zero-order valence-electron chi connectivity index (χ0n) is 7.97. The summed E-state index contributed by atoms with van der Waals surface area (Å²) in [5, 5.41) is 0. The van der Waals surface area contributed by atoms with Gasteiger partial charge in [-0.15, -0.1) is 0 Å². The average molecular weight is 174 g/mol. The van der Waals surface area contributed by atoms with E-state index < -0.39 is 0 Å². The van der Waals surface area contributed by atoms with Crippen molar-refractivity contribution >= 4 is 12.6 Å². The fourth-order valence-electron chi connectivity index (χ4n) is 1.16. The van der Waals surface area contributed by atoms with Crippen LogP contribution in [-0.2, 0) is 0 Å². The van der Waals surface area contributed by atoms with Crippen LogP contribution in [0.15, 0.2) is 0 Å². The van der Waals surface area contributed by atoms with Crippen molar-refractivity contribution in [3.63, 3.8) is 0 Å². The molecule has 0 saturated carbocycles. The predicted molar refractivity (Wildman–Crippen MR) is 56.4 cm³/mol. The van der Waals surface area contributed by atoms with Gasteiger partial charge in [-0.1, -0.05) is 46.0 Å². The number of unbranched alkanes of at least 4 members (excludes halogenated alkanes) is 3. The standard InChI is InChI=1S/C10H22S/c1-3-10(2)8-6-4-5-7-9-11/h10-11H,3-9H2,1-2H3. The Morgan fingerprint density at radius 3 is 2.27 bits per heavy atom. The zero-order valence-corrected chi connectivity index (χ0v) is 8.87. The van der Waals surface area contributed by atoms with Crippen LogP contribution in [0.25, 0.3) is 0 Å². The Morgan fingerprint density at radius 1 is 1.09 bits per heavy atom. The van der Waals surface area contributed by atoms with Crippen LogP contribution in [0.1, 0.15) is 52.4 Å². The summed E-state index contributed by atoms with van der Waals surface area (Å²) < 4.78 is 0. The van der Waals surface area contributed by atoms with E-state index in [2.05, 4.69) is 26.5 Å². The van der Waals surface area contributed by atoms with E-state index in [1.54, 1.807) is 0 Å². The van der Waals surface area contributed by atoms with Crippen molar-refractivity contribution in [2.24, 2.45) is 5.92 Å². The summed E-state index contributed by atoms with van der Waals surface area (Å²) in [7, 11) is 0. The molecule has 0 aromatic rings. The summed E-state index contributed by atoms with van der Waals surface area (Å²) >= 11 is 4.18. The van der Waals surface area contributed by atoms with Crippen molar-refractivity contribution in [3.05, 3.63) is 0 Å². The van der Waals surface area contributed by atoms with Crippen molar-refractivity contribution in [1.29, 1.82) is 0 Å². The van der Waals surface area contributed by atoms with Crippen LogP contribution < -0.4 is 0 Å². The first-order valence-corrected chi connectivity index (χ1v) is 5.55. The van der Waals surface area contributed by atoms with E-state index in [4.69, 9.17) is 0 Å². The van der Waals surface area contributed by atoms with Gasteiger partial charge >= 0.3 is 0 Å². The van der Waals surface area contributed by atoms with Crippen molar-refractivity contribution in [2.45, 2.75) is 52.4 Å². The lowest BCUT2D eigenvalue weighted by molar-refractivity contribution is 0.477. The Bertz CT molecular complexity index is 71.3. The van der Waals surface area contributed by atoms with Crippen LogP contribution in [0.4, 0.5) is 0 Å². The molecule has 68 valence electrons. The molecule has 0 aliphatic heterocycles. The molecule has 0 saturated heterocycles. The largest absolute Gasteiger partial charge is 0.179 e. The molecule has 0 N–H and O–H groups in total. The number of rotatable bonds is 7. The van der Waals surface area contributed by atoms with Crippen molar-refractivity contribution in [1.82, 2.24) is 0 Å². The predicted octanol–water partition coefficient (Wildman–Crippen LogP) is 3.91. The highest BCUT2D eigenvalue weighted by Crippen LogP contribution is 2.12. The van der Waals surface area contributed by atoms with Gasteiger partial charge in [-0.2, -0.15) is 12.6 Å². The third-order valence-corrected chi connectivity index (χ3v) is 2.62. The SMILES string of the molecule is CCC(C)CCCCCCS. The minimum absolute atomic E-state index is 0.936. The highest BCUT2D eigenvalue weighted by atomic mass is 32.1. The second kappa shape index (κ2) is 8.45. The molecule has 0 aromatic heterocycles. The Hall–Kier alpha value is 0.350. The molecule has 0 rings (SSSR count). The van der Waals surface area contributed by atoms with Gasteiger partial charge in [-0.05, 0) is 18.1 Å². The molecule has 0 spiro atoms. The van der Waals surface area contributed by atoms with Crippen LogP contribution in [0.2, 0.25) is 0 Å². The van der Waals surface area contributed by atoms with E-state index in [0.29, 0.717) is 0 Å². The van der Waals surface area contributed by atoms with Crippen molar-refractivity contribution < 1.29 is 0 Å². The van der Waals surface area contributed by atoms with Crippen molar-refractivity contribution in [2.75, 3.05) is 5.75 Å². The molecule has 1 heteroatoms. The van der Waals surface area contributed by atoms with Gasteiger partial charge in [0.25, 0.3) is 0 Å². The van der Waals surface area contributed by atoms with Gasteiger partial charge in [0.1, 0.15) is 0 Å². The molecular formula is C10H22S. The lowest BCUT2D eigenvalue weighted by Crippen LogP contribution is -1.91. The van der Waals surface area contributed by atoms with Gasteiger partial charge in [-0.3, -0.25) is 0 Å². The number of thiol groups is 1. The average Bonchev–Trinajstić information content (AvgIpc) is 2.04. The Labute approximate surface area is 77.2 Å². The number of hydrogen-bond acceptors (Lipinski definition) is 1. The van der Waals surface area contributed by atoms with Crippen LogP contribution in [0.3, 0.4) is 0 Å². The van der Waals surface area contributed by atoms with Gasteiger partial charge in [0.05, 0.1) is 0 Å². The third-order valence-electron chi connectivity index (χ3n) is 2.30. The minimum Gasteiger partial charge on any atom is -0.179 e. The first kappa shape index (κ1) is 11.4. The van der Waals surface area contributed by atoms with Gasteiger partial charge < -0.3 is 0 Å². The van der Waals surface area contributed by atoms with Gasteiger partial charge in [0.2, 0.25) is 0 Å². The van der Waals surface area contributed by atoms with E-state index in [0.717, 1.165) is 11.7 Å². The molecule has 0 heterocycles. The zero-order chi connectivity index (χ0) is 8.53. The Morgan fingerprint density at radius 2 is 1.73 bits per heavy atom. The summed E-state index contributed by atoms with van der Waals surface area (Å²) in [4.78, 5) is 0. The lowest BCUT2D eigenvalue weighted by atomic mass is 10.0. The fourth-order valence-corrected chi connectivity index (χ4v) is 1.39. The first-order chi connectivity index (χ1) is 5.31. The minimum atomic E-state index is 0.936. The molecule has 0 nitrogen and oxygen atoms in total. The van der Waals surface area contributed by atoms with Crippen LogP contribution in [0, 0.1) is 5.92 Å². The lowest BCUT2D eigenvalue weighted by Gasteiger charge is -2.06. The molecule has 0 aliphatic carbocycles. The van der Waals surface area contributed by atoms with Crippen LogP contribution in [-0.4, -0.2) is 5.75 Å². The molecular weight excluding hydrogens is 152 g/mol. The highest BCUT2D eigenvalue weighted by molar-refractivity contribution is 7.80. The molecule has 0 bridgehead atoms.